The van der Waals surface area contributed by atoms with Gasteiger partial charge in [-0.15, -0.1) is 10.2 Å². The zero-order chi connectivity index (χ0) is 22.2. The Balaban J connectivity index is 1.36. The van der Waals surface area contributed by atoms with Crippen molar-refractivity contribution in [3.63, 3.8) is 0 Å². The number of nitriles is 1. The van der Waals surface area contributed by atoms with Gasteiger partial charge in [0.2, 0.25) is 5.95 Å². The highest BCUT2D eigenvalue weighted by atomic mass is 32.2. The molecule has 0 bridgehead atoms. The molecule has 0 atom stereocenters. The molecule has 1 aliphatic carbocycles. The van der Waals surface area contributed by atoms with Crippen molar-refractivity contribution in [3.05, 3.63) is 35.7 Å². The smallest absolute Gasteiger partial charge is 0.228 e. The number of allylic oxidation sites excluding steroid dienone is 1. The van der Waals surface area contributed by atoms with E-state index in [0.717, 1.165) is 48.4 Å². The molecule has 0 amide bonds. The van der Waals surface area contributed by atoms with Crippen molar-refractivity contribution >= 4 is 34.9 Å². The van der Waals surface area contributed by atoms with Crippen LogP contribution < -0.4 is 14.7 Å². The molecule has 0 unspecified atom stereocenters. The molecule has 5 rings (SSSR count). The van der Waals surface area contributed by atoms with Gasteiger partial charge in [0.15, 0.2) is 10.9 Å². The van der Waals surface area contributed by atoms with Crippen molar-refractivity contribution in [2.45, 2.75) is 43.3 Å². The van der Waals surface area contributed by atoms with Gasteiger partial charge in [0.25, 0.3) is 0 Å². The van der Waals surface area contributed by atoms with E-state index in [2.05, 4.69) is 25.7 Å². The summed E-state index contributed by atoms with van der Waals surface area (Å²) in [6.45, 7) is 2.02. The molecular formula is C23H27N7OS. The van der Waals surface area contributed by atoms with Crippen LogP contribution in [0.3, 0.4) is 0 Å². The van der Waals surface area contributed by atoms with E-state index >= 15 is 0 Å². The Morgan fingerprint density at radius 1 is 1.09 bits per heavy atom. The molecule has 2 fully saturated rings. The largest absolute Gasteiger partial charge is 0.341 e. The molecule has 2 aliphatic heterocycles. The number of para-hydroxylation sites is 2. The number of Topliss-reactive ketones (excluding diaryl/α,β-unsaturated/α-hetero) is 1. The van der Waals surface area contributed by atoms with Gasteiger partial charge in [0.1, 0.15) is 17.5 Å². The van der Waals surface area contributed by atoms with E-state index in [-0.39, 0.29) is 17.1 Å². The van der Waals surface area contributed by atoms with Crippen LogP contribution in [0.4, 0.5) is 17.3 Å². The number of aromatic nitrogens is 3. The minimum absolute atomic E-state index is 0.162. The number of rotatable bonds is 6. The lowest BCUT2D eigenvalue weighted by Crippen LogP contribution is -2.32. The van der Waals surface area contributed by atoms with Crippen molar-refractivity contribution in [1.82, 2.24) is 14.8 Å². The van der Waals surface area contributed by atoms with Crippen LogP contribution in [0.5, 0.6) is 0 Å². The molecule has 1 saturated carbocycles. The fourth-order valence-corrected chi connectivity index (χ4v) is 5.46. The third-order valence-corrected chi connectivity index (χ3v) is 7.33. The average Bonchev–Trinajstić information content (AvgIpc) is 3.53. The van der Waals surface area contributed by atoms with Gasteiger partial charge >= 0.3 is 0 Å². The SMILES string of the molecule is CN1C(=C(C#N)C(=O)CSc2nnc(N3CCCCC3)n2C2CC2)N(C)c2ccccc21. The third-order valence-electron chi connectivity index (χ3n) is 6.38. The highest BCUT2D eigenvalue weighted by molar-refractivity contribution is 7.99. The van der Waals surface area contributed by atoms with Crippen molar-refractivity contribution in [3.8, 4) is 6.07 Å². The summed E-state index contributed by atoms with van der Waals surface area (Å²) in [7, 11) is 3.79. The normalized spacial score (nSPS) is 18.0. The molecule has 32 heavy (non-hydrogen) atoms. The minimum Gasteiger partial charge on any atom is -0.341 e. The Bertz CT molecular complexity index is 1080. The molecular weight excluding hydrogens is 422 g/mol. The van der Waals surface area contributed by atoms with Gasteiger partial charge in [-0.2, -0.15) is 5.26 Å². The van der Waals surface area contributed by atoms with Crippen LogP contribution in [0.2, 0.25) is 0 Å². The predicted octanol–water partition coefficient (Wildman–Crippen LogP) is 3.59. The summed E-state index contributed by atoms with van der Waals surface area (Å²) in [4.78, 5) is 19.3. The maximum atomic E-state index is 13.2. The number of benzene rings is 1. The first kappa shape index (κ1) is 20.9. The quantitative estimate of drug-likeness (QED) is 0.376. The Hall–Kier alpha value is -2.99. The van der Waals surface area contributed by atoms with Crippen LogP contribution in [-0.2, 0) is 4.79 Å². The summed E-state index contributed by atoms with van der Waals surface area (Å²) in [6, 6.07) is 10.5. The summed E-state index contributed by atoms with van der Waals surface area (Å²) in [5.74, 6) is 1.53. The van der Waals surface area contributed by atoms with Gasteiger partial charge in [-0.25, -0.2) is 0 Å². The Kier molecular flexibility index (Phi) is 5.55. The first-order chi connectivity index (χ1) is 15.6. The van der Waals surface area contributed by atoms with Crippen LogP contribution >= 0.6 is 11.8 Å². The molecule has 1 aromatic carbocycles. The van der Waals surface area contributed by atoms with Crippen molar-refractivity contribution < 1.29 is 4.79 Å². The monoisotopic (exact) mass is 449 g/mol. The first-order valence-electron chi connectivity index (χ1n) is 11.2. The molecule has 0 spiro atoms. The molecule has 0 radical (unpaired) electrons. The van der Waals surface area contributed by atoms with Gasteiger partial charge in [0.05, 0.1) is 17.1 Å². The van der Waals surface area contributed by atoms with Gasteiger partial charge in [-0.1, -0.05) is 23.9 Å². The number of fused-ring (bicyclic) bond motifs is 1. The second kappa shape index (κ2) is 8.51. The molecule has 1 saturated heterocycles. The van der Waals surface area contributed by atoms with Gasteiger partial charge < -0.3 is 14.7 Å². The predicted molar refractivity (Wildman–Crippen MR) is 126 cm³/mol. The fraction of sp³-hybridized carbons (Fsp3) is 0.478. The van der Waals surface area contributed by atoms with Crippen molar-refractivity contribution in [2.75, 3.05) is 47.6 Å². The number of nitrogens with zero attached hydrogens (tertiary/aromatic N) is 7. The zero-order valence-corrected chi connectivity index (χ0v) is 19.3. The summed E-state index contributed by atoms with van der Waals surface area (Å²) in [5, 5.41) is 19.6. The lowest BCUT2D eigenvalue weighted by Gasteiger charge is -2.27. The summed E-state index contributed by atoms with van der Waals surface area (Å²) in [5.41, 5.74) is 2.14. The van der Waals surface area contributed by atoms with Crippen molar-refractivity contribution in [1.29, 1.82) is 5.26 Å². The van der Waals surface area contributed by atoms with E-state index in [9.17, 15) is 10.1 Å². The highest BCUT2D eigenvalue weighted by Gasteiger charge is 2.34. The number of carbonyl (C=O) groups is 1. The summed E-state index contributed by atoms with van der Waals surface area (Å²) < 4.78 is 2.21. The van der Waals surface area contributed by atoms with Gasteiger partial charge in [-0.3, -0.25) is 9.36 Å². The maximum absolute atomic E-state index is 13.2. The maximum Gasteiger partial charge on any atom is 0.228 e. The Morgan fingerprint density at radius 2 is 1.75 bits per heavy atom. The van der Waals surface area contributed by atoms with Crippen LogP contribution in [-0.4, -0.2) is 53.5 Å². The van der Waals surface area contributed by atoms with E-state index in [1.54, 1.807) is 0 Å². The number of hydrogen-bond donors (Lipinski definition) is 0. The van der Waals surface area contributed by atoms with Crippen LogP contribution in [0.25, 0.3) is 0 Å². The molecule has 1 aromatic heterocycles. The lowest BCUT2D eigenvalue weighted by molar-refractivity contribution is -0.112. The number of ketones is 1. The lowest BCUT2D eigenvalue weighted by atomic mass is 10.1. The molecule has 3 aliphatic rings. The van der Waals surface area contributed by atoms with E-state index in [4.69, 9.17) is 0 Å². The van der Waals surface area contributed by atoms with Gasteiger partial charge in [0, 0.05) is 33.2 Å². The molecule has 3 heterocycles. The summed E-state index contributed by atoms with van der Waals surface area (Å²) >= 11 is 1.39. The number of hydrogen-bond acceptors (Lipinski definition) is 8. The van der Waals surface area contributed by atoms with E-state index in [1.807, 2.05) is 48.2 Å². The van der Waals surface area contributed by atoms with Gasteiger partial charge in [-0.05, 0) is 44.2 Å². The first-order valence-corrected chi connectivity index (χ1v) is 12.2. The topological polar surface area (TPSA) is 81.3 Å². The summed E-state index contributed by atoms with van der Waals surface area (Å²) in [6.07, 6.45) is 5.88. The highest BCUT2D eigenvalue weighted by Crippen LogP contribution is 2.42. The molecule has 8 nitrogen and oxygen atoms in total. The number of anilines is 3. The molecule has 166 valence electrons. The average molecular weight is 450 g/mol. The molecule has 0 N–H and O–H groups in total. The van der Waals surface area contributed by atoms with Crippen LogP contribution in [0.1, 0.15) is 38.1 Å². The minimum atomic E-state index is -0.191. The number of thioether (sulfide) groups is 1. The molecule has 9 heteroatoms. The number of piperidine rings is 1. The second-order valence-electron chi connectivity index (χ2n) is 8.56. The zero-order valence-electron chi connectivity index (χ0n) is 18.5. The van der Waals surface area contributed by atoms with Crippen molar-refractivity contribution in [2.24, 2.45) is 0 Å². The van der Waals surface area contributed by atoms with E-state index in [0.29, 0.717) is 11.9 Å². The number of carbonyl (C=O) groups excluding carboxylic acids is 1. The fourth-order valence-electron chi connectivity index (χ4n) is 4.59. The van der Waals surface area contributed by atoms with Crippen LogP contribution in [0.15, 0.2) is 40.8 Å². The second-order valence-corrected chi connectivity index (χ2v) is 9.50. The Morgan fingerprint density at radius 3 is 2.34 bits per heavy atom. The van der Waals surface area contributed by atoms with E-state index in [1.165, 1.54) is 31.0 Å². The van der Waals surface area contributed by atoms with E-state index < -0.39 is 0 Å². The third kappa shape index (κ3) is 3.62. The Labute approximate surface area is 192 Å². The molecule has 2 aromatic rings. The standard InChI is InChI=1S/C23H27N7OS/c1-27-18-8-4-5-9-19(18)28(2)21(27)17(14-24)20(31)15-32-23-26-25-22(30(23)16-10-11-16)29-12-6-3-7-13-29/h4-5,8-9,16H,3,6-7,10-13,15H2,1-2H3. The van der Waals surface area contributed by atoms with Crippen LogP contribution in [0, 0.1) is 11.3 Å².